The number of benzene rings is 1. The van der Waals surface area contributed by atoms with Crippen LogP contribution in [0.1, 0.15) is 42.6 Å². The molecule has 6 nitrogen and oxygen atoms in total. The second-order valence-corrected chi connectivity index (χ2v) is 7.95. The molecule has 29 heavy (non-hydrogen) atoms. The van der Waals surface area contributed by atoms with Gasteiger partial charge in [0.25, 0.3) is 11.8 Å². The number of nitrogens with zero attached hydrogens (tertiary/aromatic N) is 2. The van der Waals surface area contributed by atoms with E-state index in [1.807, 2.05) is 48.7 Å². The third-order valence-corrected chi connectivity index (χ3v) is 6.01. The summed E-state index contributed by atoms with van der Waals surface area (Å²) in [4.78, 5) is 38.9. The third-order valence-electron chi connectivity index (χ3n) is 5.69. The average Bonchev–Trinajstić information content (AvgIpc) is 3.28. The van der Waals surface area contributed by atoms with E-state index < -0.39 is 17.8 Å². The molecular formula is C22H22ClN3O3. The van der Waals surface area contributed by atoms with E-state index in [-0.39, 0.29) is 11.6 Å². The van der Waals surface area contributed by atoms with E-state index in [2.05, 4.69) is 5.32 Å². The molecule has 2 aliphatic rings. The molecule has 2 heterocycles. The summed E-state index contributed by atoms with van der Waals surface area (Å²) in [5.74, 6) is -1.18. The highest BCUT2D eigenvalue weighted by molar-refractivity contribution is 6.32. The summed E-state index contributed by atoms with van der Waals surface area (Å²) < 4.78 is 1.99. The second-order valence-electron chi connectivity index (χ2n) is 7.54. The van der Waals surface area contributed by atoms with E-state index in [4.69, 9.17) is 11.6 Å². The fourth-order valence-corrected chi connectivity index (χ4v) is 4.48. The third kappa shape index (κ3) is 3.38. The second kappa shape index (κ2) is 7.52. The molecule has 1 N–H and O–H groups in total. The van der Waals surface area contributed by atoms with Crippen molar-refractivity contribution in [2.24, 2.45) is 0 Å². The summed E-state index contributed by atoms with van der Waals surface area (Å²) in [6.45, 7) is 3.85. The molecule has 1 saturated carbocycles. The van der Waals surface area contributed by atoms with E-state index in [0.717, 1.165) is 48.3 Å². The van der Waals surface area contributed by atoms with Crippen LogP contribution in [0.4, 0.5) is 4.79 Å². The molecule has 0 unspecified atom stereocenters. The number of carbonyl (C=O) groups excluding carboxylic acids is 3. The van der Waals surface area contributed by atoms with Crippen LogP contribution in [0.25, 0.3) is 11.8 Å². The lowest BCUT2D eigenvalue weighted by molar-refractivity contribution is -0.131. The number of barbiturate groups is 1. The van der Waals surface area contributed by atoms with E-state index in [9.17, 15) is 14.4 Å². The van der Waals surface area contributed by atoms with Crippen molar-refractivity contribution in [1.82, 2.24) is 14.8 Å². The van der Waals surface area contributed by atoms with Crippen molar-refractivity contribution in [3.8, 4) is 5.69 Å². The predicted molar refractivity (Wildman–Crippen MR) is 111 cm³/mol. The Kier molecular flexibility index (Phi) is 5.04. The van der Waals surface area contributed by atoms with Crippen molar-refractivity contribution < 1.29 is 14.4 Å². The maximum Gasteiger partial charge on any atom is 0.331 e. The summed E-state index contributed by atoms with van der Waals surface area (Å²) in [5.41, 5.74) is 3.33. The molecule has 7 heteroatoms. The minimum absolute atomic E-state index is 0.0177. The molecule has 0 radical (unpaired) electrons. The van der Waals surface area contributed by atoms with Gasteiger partial charge in [-0.05, 0) is 56.5 Å². The Morgan fingerprint density at radius 2 is 1.79 bits per heavy atom. The summed E-state index contributed by atoms with van der Waals surface area (Å²) in [6, 6.07) is 8.64. The number of amides is 4. The van der Waals surface area contributed by atoms with Crippen LogP contribution in [-0.2, 0) is 9.59 Å². The summed E-state index contributed by atoms with van der Waals surface area (Å²) in [6.07, 6.45) is 5.09. The highest BCUT2D eigenvalue weighted by atomic mass is 35.5. The molecule has 0 spiro atoms. The zero-order valence-electron chi connectivity index (χ0n) is 16.4. The van der Waals surface area contributed by atoms with Gasteiger partial charge in [-0.2, -0.15) is 0 Å². The van der Waals surface area contributed by atoms with Crippen molar-refractivity contribution in [3.63, 3.8) is 0 Å². The topological polar surface area (TPSA) is 71.4 Å². The van der Waals surface area contributed by atoms with Crippen LogP contribution in [0.3, 0.4) is 0 Å². The molecule has 1 saturated heterocycles. The molecule has 0 bridgehead atoms. The van der Waals surface area contributed by atoms with Crippen LogP contribution in [0.15, 0.2) is 35.9 Å². The fraction of sp³-hybridized carbons (Fsp3) is 0.318. The number of urea groups is 1. The Balaban J connectivity index is 1.74. The van der Waals surface area contributed by atoms with Crippen molar-refractivity contribution in [1.29, 1.82) is 0 Å². The smallest absolute Gasteiger partial charge is 0.316 e. The first-order valence-electron chi connectivity index (χ1n) is 9.73. The lowest BCUT2D eigenvalue weighted by Crippen LogP contribution is -2.57. The van der Waals surface area contributed by atoms with Gasteiger partial charge in [0, 0.05) is 17.4 Å². The van der Waals surface area contributed by atoms with Crippen LogP contribution >= 0.6 is 11.6 Å². The van der Waals surface area contributed by atoms with Gasteiger partial charge in [0.05, 0.1) is 10.7 Å². The van der Waals surface area contributed by atoms with Gasteiger partial charge in [-0.15, -0.1) is 0 Å². The SMILES string of the molecule is Cc1cc(/C=C2\C(=O)NC(=O)N(C3CCCC3)C2=O)c(C)n1-c1ccccc1Cl. The largest absolute Gasteiger partial charge is 0.331 e. The number of aromatic nitrogens is 1. The van der Waals surface area contributed by atoms with E-state index in [1.54, 1.807) is 6.08 Å². The molecule has 1 aromatic heterocycles. The fourth-order valence-electron chi connectivity index (χ4n) is 4.26. The molecule has 4 rings (SSSR count). The predicted octanol–water partition coefficient (Wildman–Crippen LogP) is 4.15. The first-order chi connectivity index (χ1) is 13.9. The molecule has 4 amide bonds. The first kappa shape index (κ1) is 19.5. The van der Waals surface area contributed by atoms with Gasteiger partial charge in [0.15, 0.2) is 0 Å². The van der Waals surface area contributed by atoms with Crippen molar-refractivity contribution in [2.45, 2.75) is 45.6 Å². The van der Waals surface area contributed by atoms with Crippen LogP contribution in [0.5, 0.6) is 0 Å². The van der Waals surface area contributed by atoms with Gasteiger partial charge in [-0.1, -0.05) is 36.6 Å². The number of rotatable bonds is 3. The zero-order valence-corrected chi connectivity index (χ0v) is 17.1. The molecule has 1 aromatic carbocycles. The van der Waals surface area contributed by atoms with Crippen LogP contribution in [-0.4, -0.2) is 33.4 Å². The maximum atomic E-state index is 13.0. The van der Waals surface area contributed by atoms with Crippen molar-refractivity contribution >= 4 is 35.5 Å². The van der Waals surface area contributed by atoms with E-state index >= 15 is 0 Å². The number of imide groups is 2. The van der Waals surface area contributed by atoms with Gasteiger partial charge in [0.1, 0.15) is 5.57 Å². The summed E-state index contributed by atoms with van der Waals surface area (Å²) >= 11 is 6.36. The lowest BCUT2D eigenvalue weighted by Gasteiger charge is -2.31. The normalized spacial score (nSPS) is 19.3. The Morgan fingerprint density at radius 3 is 2.48 bits per heavy atom. The van der Waals surface area contributed by atoms with Crippen LogP contribution in [0, 0.1) is 13.8 Å². The molecule has 1 aliphatic heterocycles. The number of nitrogens with one attached hydrogen (secondary N) is 1. The molecule has 2 aromatic rings. The Labute approximate surface area is 174 Å². The summed E-state index contributed by atoms with van der Waals surface area (Å²) in [5, 5.41) is 2.93. The van der Waals surface area contributed by atoms with Crippen LogP contribution in [0.2, 0.25) is 5.02 Å². The van der Waals surface area contributed by atoms with E-state index in [1.165, 1.54) is 4.90 Å². The number of aryl methyl sites for hydroxylation is 1. The number of hydrogen-bond donors (Lipinski definition) is 1. The van der Waals surface area contributed by atoms with Gasteiger partial charge < -0.3 is 4.57 Å². The van der Waals surface area contributed by atoms with Gasteiger partial charge in [-0.3, -0.25) is 19.8 Å². The highest BCUT2D eigenvalue weighted by Gasteiger charge is 2.40. The monoisotopic (exact) mass is 411 g/mol. The number of carbonyl (C=O) groups is 3. The Morgan fingerprint density at radius 1 is 1.10 bits per heavy atom. The zero-order chi connectivity index (χ0) is 20.7. The van der Waals surface area contributed by atoms with Gasteiger partial charge in [-0.25, -0.2) is 4.79 Å². The van der Waals surface area contributed by atoms with Crippen LogP contribution < -0.4 is 5.32 Å². The Bertz CT molecular complexity index is 1050. The molecule has 150 valence electrons. The maximum absolute atomic E-state index is 13.0. The number of para-hydroxylation sites is 1. The van der Waals surface area contributed by atoms with Gasteiger partial charge >= 0.3 is 6.03 Å². The average molecular weight is 412 g/mol. The molecule has 1 aliphatic carbocycles. The number of halogens is 1. The quantitative estimate of drug-likeness (QED) is 0.609. The Hall–Kier alpha value is -2.86. The lowest BCUT2D eigenvalue weighted by atomic mass is 10.1. The first-order valence-corrected chi connectivity index (χ1v) is 10.1. The minimum Gasteiger partial charge on any atom is -0.316 e. The number of hydrogen-bond acceptors (Lipinski definition) is 3. The molecule has 0 atom stereocenters. The molecule has 2 fully saturated rings. The van der Waals surface area contributed by atoms with Crippen molar-refractivity contribution in [3.05, 3.63) is 57.9 Å². The minimum atomic E-state index is -0.656. The van der Waals surface area contributed by atoms with Crippen molar-refractivity contribution in [2.75, 3.05) is 0 Å². The molecular weight excluding hydrogens is 390 g/mol. The highest BCUT2D eigenvalue weighted by Crippen LogP contribution is 2.30. The summed E-state index contributed by atoms with van der Waals surface area (Å²) in [7, 11) is 0. The van der Waals surface area contributed by atoms with Gasteiger partial charge in [0.2, 0.25) is 0 Å². The van der Waals surface area contributed by atoms with E-state index in [0.29, 0.717) is 5.02 Å². The standard InChI is InChI=1S/C22H22ClN3O3/c1-13-11-15(14(2)25(13)19-10-6-5-9-18(19)23)12-17-20(27)24-22(29)26(21(17)28)16-7-3-4-8-16/h5-6,9-12,16H,3-4,7-8H2,1-2H3,(H,24,27,29)/b17-12+.